The second-order valence-electron chi connectivity index (χ2n) is 6.83. The molecule has 0 aliphatic carbocycles. The number of non-ortho nitro benzene ring substituents is 1. The molecule has 1 amide bonds. The van der Waals surface area contributed by atoms with Gasteiger partial charge in [0.15, 0.2) is 17.9 Å². The maximum Gasteiger partial charge on any atom is 0.331 e. The second-order valence-corrected chi connectivity index (χ2v) is 6.83. The molecule has 9 heteroatoms. The van der Waals surface area contributed by atoms with E-state index < -0.39 is 23.4 Å². The molecule has 1 aliphatic rings. The van der Waals surface area contributed by atoms with Crippen LogP contribution in [-0.2, 0) is 20.7 Å². The van der Waals surface area contributed by atoms with Gasteiger partial charge in [0, 0.05) is 35.8 Å². The van der Waals surface area contributed by atoms with Crippen molar-refractivity contribution in [3.8, 4) is 5.75 Å². The van der Waals surface area contributed by atoms with E-state index in [1.165, 1.54) is 35.3 Å². The van der Waals surface area contributed by atoms with Crippen molar-refractivity contribution < 1.29 is 28.4 Å². The zero-order chi connectivity index (χ0) is 22.0. The Bertz CT molecular complexity index is 1210. The molecule has 0 bridgehead atoms. The molecule has 0 N–H and O–H groups in total. The lowest BCUT2D eigenvalue weighted by atomic mass is 10.1. The molecule has 0 saturated heterocycles. The van der Waals surface area contributed by atoms with Crippen LogP contribution >= 0.6 is 0 Å². The molecule has 0 radical (unpaired) electrons. The molecule has 0 saturated carbocycles. The molecule has 158 valence electrons. The minimum absolute atomic E-state index is 0.0205. The van der Waals surface area contributed by atoms with Crippen LogP contribution in [0.15, 0.2) is 53.0 Å². The summed E-state index contributed by atoms with van der Waals surface area (Å²) in [6, 6.07) is 11.6. The lowest BCUT2D eigenvalue weighted by Gasteiger charge is -2.16. The summed E-state index contributed by atoms with van der Waals surface area (Å²) in [4.78, 5) is 36.3. The molecule has 2 aromatic carbocycles. The van der Waals surface area contributed by atoms with Gasteiger partial charge >= 0.3 is 5.97 Å². The molecule has 9 nitrogen and oxygen atoms in total. The number of nitro benzene ring substituents is 1. The summed E-state index contributed by atoms with van der Waals surface area (Å²) in [6.07, 6.45) is 3.14. The quantitative estimate of drug-likeness (QED) is 0.259. The number of benzene rings is 2. The summed E-state index contributed by atoms with van der Waals surface area (Å²) >= 11 is 0. The van der Waals surface area contributed by atoms with Gasteiger partial charge in [-0.1, -0.05) is 12.1 Å². The Hall–Kier alpha value is -4.14. The first kappa shape index (κ1) is 20.1. The number of ether oxygens (including phenoxy) is 2. The average molecular weight is 422 g/mol. The van der Waals surface area contributed by atoms with Crippen molar-refractivity contribution in [2.24, 2.45) is 0 Å². The van der Waals surface area contributed by atoms with Crippen LogP contribution in [0, 0.1) is 10.1 Å². The minimum Gasteiger partial charge on any atom is -0.493 e. The highest BCUT2D eigenvalue weighted by Gasteiger charge is 2.26. The number of nitro groups is 1. The van der Waals surface area contributed by atoms with E-state index in [9.17, 15) is 19.7 Å². The summed E-state index contributed by atoms with van der Waals surface area (Å²) in [5, 5.41) is 11.7. The van der Waals surface area contributed by atoms with Crippen LogP contribution in [0.1, 0.15) is 11.3 Å². The lowest BCUT2D eigenvalue weighted by molar-refractivity contribution is -0.384. The van der Waals surface area contributed by atoms with Crippen molar-refractivity contribution in [3.05, 3.63) is 70.0 Å². The lowest BCUT2D eigenvalue weighted by Crippen LogP contribution is -2.33. The third kappa shape index (κ3) is 4.11. The number of amides is 1. The van der Waals surface area contributed by atoms with E-state index in [0.29, 0.717) is 41.3 Å². The fourth-order valence-electron chi connectivity index (χ4n) is 3.47. The fourth-order valence-corrected chi connectivity index (χ4v) is 3.47. The Morgan fingerprint density at radius 1 is 1.26 bits per heavy atom. The number of carbonyl (C=O) groups excluding carboxylic acids is 2. The van der Waals surface area contributed by atoms with Gasteiger partial charge in [0.1, 0.15) is 5.76 Å². The predicted octanol–water partition coefficient (Wildman–Crippen LogP) is 3.50. The Balaban J connectivity index is 1.36. The maximum absolute atomic E-state index is 12.5. The number of carbonyl (C=O) groups is 2. The van der Waals surface area contributed by atoms with Gasteiger partial charge in [-0.05, 0) is 36.3 Å². The molecule has 0 fully saturated rings. The van der Waals surface area contributed by atoms with Gasteiger partial charge in [0.25, 0.3) is 11.6 Å². The zero-order valence-corrected chi connectivity index (χ0v) is 16.6. The summed E-state index contributed by atoms with van der Waals surface area (Å²) in [7, 11) is 1.54. The topological polar surface area (TPSA) is 112 Å². The predicted molar refractivity (Wildman–Crippen MR) is 112 cm³/mol. The highest BCUT2D eigenvalue weighted by molar-refractivity contribution is 5.98. The molecule has 1 aromatic heterocycles. The summed E-state index contributed by atoms with van der Waals surface area (Å²) < 4.78 is 16.0. The summed E-state index contributed by atoms with van der Waals surface area (Å²) in [5.74, 6) is -0.0638. The second kappa shape index (κ2) is 8.31. The van der Waals surface area contributed by atoms with E-state index in [2.05, 4.69) is 0 Å². The van der Waals surface area contributed by atoms with Gasteiger partial charge in [0.05, 0.1) is 12.0 Å². The Labute approximate surface area is 176 Å². The molecule has 2 heterocycles. The van der Waals surface area contributed by atoms with Crippen LogP contribution < -0.4 is 9.64 Å². The fraction of sp³-hybridized carbons (Fsp3) is 0.182. The Morgan fingerprint density at radius 2 is 2.10 bits per heavy atom. The highest BCUT2D eigenvalue weighted by Crippen LogP contribution is 2.31. The van der Waals surface area contributed by atoms with Gasteiger partial charge in [-0.2, -0.15) is 0 Å². The van der Waals surface area contributed by atoms with E-state index in [-0.39, 0.29) is 5.69 Å². The molecule has 0 spiro atoms. The number of hydrogen-bond donors (Lipinski definition) is 0. The van der Waals surface area contributed by atoms with Gasteiger partial charge in [-0.25, -0.2) is 4.79 Å². The van der Waals surface area contributed by atoms with Gasteiger partial charge in [-0.3, -0.25) is 14.9 Å². The first-order valence-corrected chi connectivity index (χ1v) is 9.45. The molecule has 3 aromatic rings. The number of esters is 1. The van der Waals surface area contributed by atoms with E-state index in [1.807, 2.05) is 12.1 Å². The molecule has 0 atom stereocenters. The van der Waals surface area contributed by atoms with Crippen molar-refractivity contribution in [2.75, 3.05) is 25.2 Å². The monoisotopic (exact) mass is 422 g/mol. The standard InChI is InChI=1S/C22H18N2O7/c1-29-19-4-2-3-15-12-17(31-22(15)19)6-8-21(26)30-13-20(25)23-10-9-14-11-16(24(27)28)5-7-18(14)23/h2-8,11-12H,9-10,13H2,1H3/b8-6+. The maximum atomic E-state index is 12.5. The number of furan rings is 1. The molecule has 0 unspecified atom stereocenters. The Morgan fingerprint density at radius 3 is 2.87 bits per heavy atom. The molecule has 1 aliphatic heterocycles. The molecular weight excluding hydrogens is 404 g/mol. The van der Waals surface area contributed by atoms with Gasteiger partial charge < -0.3 is 18.8 Å². The number of anilines is 1. The van der Waals surface area contributed by atoms with E-state index in [1.54, 1.807) is 19.2 Å². The van der Waals surface area contributed by atoms with Crippen molar-refractivity contribution in [1.82, 2.24) is 0 Å². The van der Waals surface area contributed by atoms with Crippen molar-refractivity contribution in [1.29, 1.82) is 0 Å². The van der Waals surface area contributed by atoms with Crippen LogP contribution in [0.2, 0.25) is 0 Å². The first-order chi connectivity index (χ1) is 15.0. The normalized spacial score (nSPS) is 12.9. The van der Waals surface area contributed by atoms with Crippen molar-refractivity contribution in [3.63, 3.8) is 0 Å². The largest absolute Gasteiger partial charge is 0.493 e. The highest BCUT2D eigenvalue weighted by atomic mass is 16.6. The van der Waals surface area contributed by atoms with Crippen LogP contribution in [0.25, 0.3) is 17.0 Å². The zero-order valence-electron chi connectivity index (χ0n) is 16.6. The van der Waals surface area contributed by atoms with E-state index in [4.69, 9.17) is 13.9 Å². The van der Waals surface area contributed by atoms with Gasteiger partial charge in [-0.15, -0.1) is 0 Å². The number of methoxy groups -OCH3 is 1. The number of hydrogen-bond acceptors (Lipinski definition) is 7. The summed E-state index contributed by atoms with van der Waals surface area (Å²) in [5.41, 5.74) is 1.86. The Kier molecular flexibility index (Phi) is 5.40. The SMILES string of the molecule is COc1cccc2cc(/C=C/C(=O)OCC(=O)N3CCc4cc([N+](=O)[O-])ccc43)oc12. The smallest absolute Gasteiger partial charge is 0.331 e. The van der Waals surface area contributed by atoms with Crippen molar-refractivity contribution >= 4 is 40.3 Å². The van der Waals surface area contributed by atoms with Crippen LogP contribution in [0.4, 0.5) is 11.4 Å². The van der Waals surface area contributed by atoms with E-state index in [0.717, 1.165) is 5.39 Å². The third-order valence-electron chi connectivity index (χ3n) is 4.94. The minimum atomic E-state index is -0.691. The number of nitrogens with zero attached hydrogens (tertiary/aromatic N) is 2. The molecule has 4 rings (SSSR count). The van der Waals surface area contributed by atoms with Crippen LogP contribution in [0.5, 0.6) is 5.75 Å². The van der Waals surface area contributed by atoms with E-state index >= 15 is 0 Å². The summed E-state index contributed by atoms with van der Waals surface area (Å²) in [6.45, 7) is -0.0584. The molecule has 31 heavy (non-hydrogen) atoms. The van der Waals surface area contributed by atoms with Crippen molar-refractivity contribution in [2.45, 2.75) is 6.42 Å². The number of para-hydroxylation sites is 1. The third-order valence-corrected chi connectivity index (χ3v) is 4.94. The number of rotatable bonds is 6. The van der Waals surface area contributed by atoms with Crippen LogP contribution in [-0.4, -0.2) is 37.1 Å². The first-order valence-electron chi connectivity index (χ1n) is 9.45. The molecular formula is C22H18N2O7. The van der Waals surface area contributed by atoms with Gasteiger partial charge in [0.2, 0.25) is 0 Å². The number of fused-ring (bicyclic) bond motifs is 2. The van der Waals surface area contributed by atoms with Crippen LogP contribution in [0.3, 0.4) is 0 Å². The average Bonchev–Trinajstić information content (AvgIpc) is 3.39.